The standard InChI is InChI=1S/C15H19N3O3/c1-15(2,3)21-14(19)18-11-6-7-13(16-9-11)17-10-12-5-4-8-20-12/h4-9H,10H2,1-3H3,(H,16,17)(H,18,19). The Balaban J connectivity index is 1.85. The minimum atomic E-state index is -0.526. The molecule has 0 spiro atoms. The number of hydrogen-bond donors (Lipinski definition) is 2. The Morgan fingerprint density at radius 1 is 1.33 bits per heavy atom. The first-order chi connectivity index (χ1) is 9.92. The second-order valence-electron chi connectivity index (χ2n) is 5.49. The zero-order valence-electron chi connectivity index (χ0n) is 12.3. The number of amides is 1. The Hall–Kier alpha value is -2.50. The van der Waals surface area contributed by atoms with Crippen LogP contribution in [0.25, 0.3) is 0 Å². The highest BCUT2D eigenvalue weighted by molar-refractivity contribution is 5.84. The van der Waals surface area contributed by atoms with E-state index in [0.717, 1.165) is 5.76 Å². The van der Waals surface area contributed by atoms with Crippen molar-refractivity contribution in [3.63, 3.8) is 0 Å². The number of aromatic nitrogens is 1. The van der Waals surface area contributed by atoms with Crippen LogP contribution in [0, 0.1) is 0 Å². The van der Waals surface area contributed by atoms with E-state index >= 15 is 0 Å². The molecule has 0 aliphatic carbocycles. The summed E-state index contributed by atoms with van der Waals surface area (Å²) in [6, 6.07) is 7.24. The van der Waals surface area contributed by atoms with Gasteiger partial charge in [-0.05, 0) is 45.0 Å². The van der Waals surface area contributed by atoms with Crippen LogP contribution in [0.15, 0.2) is 41.1 Å². The van der Waals surface area contributed by atoms with E-state index < -0.39 is 11.7 Å². The molecule has 2 heterocycles. The van der Waals surface area contributed by atoms with Gasteiger partial charge in [-0.1, -0.05) is 0 Å². The highest BCUT2D eigenvalue weighted by Gasteiger charge is 2.16. The summed E-state index contributed by atoms with van der Waals surface area (Å²) in [4.78, 5) is 15.8. The van der Waals surface area contributed by atoms with E-state index in [-0.39, 0.29) is 0 Å². The molecular formula is C15H19N3O3. The SMILES string of the molecule is CC(C)(C)OC(=O)Nc1ccc(NCc2ccco2)nc1. The fraction of sp³-hybridized carbons (Fsp3) is 0.333. The molecule has 0 aliphatic rings. The number of nitrogens with one attached hydrogen (secondary N) is 2. The van der Waals surface area contributed by atoms with Crippen molar-refractivity contribution < 1.29 is 13.9 Å². The summed E-state index contributed by atoms with van der Waals surface area (Å²) in [5, 5.41) is 5.74. The third kappa shape index (κ3) is 5.18. The van der Waals surface area contributed by atoms with E-state index in [1.54, 1.807) is 24.6 Å². The van der Waals surface area contributed by atoms with Crippen LogP contribution >= 0.6 is 0 Å². The predicted octanol–water partition coefficient (Wildman–Crippen LogP) is 3.63. The van der Waals surface area contributed by atoms with Gasteiger partial charge in [-0.15, -0.1) is 0 Å². The second kappa shape index (κ2) is 6.30. The van der Waals surface area contributed by atoms with Gasteiger partial charge in [0.2, 0.25) is 0 Å². The van der Waals surface area contributed by atoms with Crippen LogP contribution in [0.5, 0.6) is 0 Å². The minimum Gasteiger partial charge on any atom is -0.467 e. The lowest BCUT2D eigenvalue weighted by atomic mass is 10.2. The third-order valence-electron chi connectivity index (χ3n) is 2.43. The Morgan fingerprint density at radius 3 is 2.71 bits per heavy atom. The van der Waals surface area contributed by atoms with Crippen molar-refractivity contribution in [3.05, 3.63) is 42.5 Å². The van der Waals surface area contributed by atoms with Gasteiger partial charge >= 0.3 is 6.09 Å². The molecule has 2 aromatic rings. The van der Waals surface area contributed by atoms with Crippen LogP contribution in [-0.4, -0.2) is 16.7 Å². The zero-order chi connectivity index (χ0) is 15.3. The average Bonchev–Trinajstić information content (AvgIpc) is 2.89. The fourth-order valence-corrected chi connectivity index (χ4v) is 1.58. The molecule has 2 N–H and O–H groups in total. The number of carbonyl (C=O) groups excluding carboxylic acids is 1. The first kappa shape index (κ1) is 14.9. The topological polar surface area (TPSA) is 76.4 Å². The summed E-state index contributed by atoms with van der Waals surface area (Å²) in [5.74, 6) is 1.52. The van der Waals surface area contributed by atoms with Gasteiger partial charge < -0.3 is 14.5 Å². The van der Waals surface area contributed by atoms with E-state index in [9.17, 15) is 4.79 Å². The largest absolute Gasteiger partial charge is 0.467 e. The highest BCUT2D eigenvalue weighted by Crippen LogP contribution is 2.13. The van der Waals surface area contributed by atoms with Crippen molar-refractivity contribution in [2.45, 2.75) is 32.9 Å². The Labute approximate surface area is 123 Å². The van der Waals surface area contributed by atoms with Gasteiger partial charge in [0.05, 0.1) is 24.7 Å². The van der Waals surface area contributed by atoms with Crippen LogP contribution in [-0.2, 0) is 11.3 Å². The zero-order valence-corrected chi connectivity index (χ0v) is 12.3. The fourth-order valence-electron chi connectivity index (χ4n) is 1.58. The van der Waals surface area contributed by atoms with Gasteiger partial charge in [0, 0.05) is 0 Å². The third-order valence-corrected chi connectivity index (χ3v) is 2.43. The van der Waals surface area contributed by atoms with Crippen molar-refractivity contribution in [1.29, 1.82) is 0 Å². The average molecular weight is 289 g/mol. The summed E-state index contributed by atoms with van der Waals surface area (Å²) in [6.07, 6.45) is 2.69. The normalized spacial score (nSPS) is 11.0. The van der Waals surface area contributed by atoms with Gasteiger partial charge in [-0.2, -0.15) is 0 Å². The quantitative estimate of drug-likeness (QED) is 0.898. The van der Waals surface area contributed by atoms with Crippen molar-refractivity contribution in [2.24, 2.45) is 0 Å². The molecular weight excluding hydrogens is 270 g/mol. The lowest BCUT2D eigenvalue weighted by molar-refractivity contribution is 0.0636. The summed E-state index contributed by atoms with van der Waals surface area (Å²) >= 11 is 0. The van der Waals surface area contributed by atoms with Crippen molar-refractivity contribution >= 4 is 17.6 Å². The molecule has 6 heteroatoms. The number of ether oxygens (including phenoxy) is 1. The van der Waals surface area contributed by atoms with Crippen LogP contribution in [0.2, 0.25) is 0 Å². The maximum absolute atomic E-state index is 11.6. The van der Waals surface area contributed by atoms with Gasteiger partial charge in [0.25, 0.3) is 0 Å². The molecule has 0 radical (unpaired) electrons. The Bertz CT molecular complexity index is 571. The van der Waals surface area contributed by atoms with Gasteiger partial charge in [-0.25, -0.2) is 9.78 Å². The number of pyridine rings is 1. The molecule has 0 aliphatic heterocycles. The summed E-state index contributed by atoms with van der Waals surface area (Å²) in [6.45, 7) is 5.99. The lowest BCUT2D eigenvalue weighted by Crippen LogP contribution is -2.27. The maximum atomic E-state index is 11.6. The molecule has 6 nitrogen and oxygen atoms in total. The van der Waals surface area contributed by atoms with Gasteiger partial charge in [-0.3, -0.25) is 5.32 Å². The number of nitrogens with zero attached hydrogens (tertiary/aromatic N) is 1. The lowest BCUT2D eigenvalue weighted by Gasteiger charge is -2.19. The molecule has 0 bridgehead atoms. The first-order valence-corrected chi connectivity index (χ1v) is 6.65. The van der Waals surface area contributed by atoms with Crippen LogP contribution in [0.4, 0.5) is 16.3 Å². The van der Waals surface area contributed by atoms with Gasteiger partial charge in [0.1, 0.15) is 17.2 Å². The Kier molecular flexibility index (Phi) is 4.47. The van der Waals surface area contributed by atoms with Crippen molar-refractivity contribution in [3.8, 4) is 0 Å². The van der Waals surface area contributed by atoms with E-state index in [4.69, 9.17) is 9.15 Å². The van der Waals surface area contributed by atoms with Crippen LogP contribution in [0.3, 0.4) is 0 Å². The molecule has 0 unspecified atom stereocenters. The molecule has 0 fully saturated rings. The van der Waals surface area contributed by atoms with Crippen LogP contribution < -0.4 is 10.6 Å². The summed E-state index contributed by atoms with van der Waals surface area (Å²) < 4.78 is 10.4. The monoisotopic (exact) mass is 289 g/mol. The van der Waals surface area contributed by atoms with Crippen molar-refractivity contribution in [2.75, 3.05) is 10.6 Å². The maximum Gasteiger partial charge on any atom is 0.412 e. The molecule has 1 amide bonds. The van der Waals surface area contributed by atoms with E-state index in [0.29, 0.717) is 18.1 Å². The Morgan fingerprint density at radius 2 is 2.14 bits per heavy atom. The van der Waals surface area contributed by atoms with E-state index in [2.05, 4.69) is 15.6 Å². The molecule has 21 heavy (non-hydrogen) atoms. The first-order valence-electron chi connectivity index (χ1n) is 6.65. The highest BCUT2D eigenvalue weighted by atomic mass is 16.6. The summed E-state index contributed by atoms with van der Waals surface area (Å²) in [7, 11) is 0. The smallest absolute Gasteiger partial charge is 0.412 e. The molecule has 112 valence electrons. The predicted molar refractivity (Wildman–Crippen MR) is 80.1 cm³/mol. The van der Waals surface area contributed by atoms with E-state index in [1.165, 1.54) is 0 Å². The number of carbonyl (C=O) groups is 1. The number of hydrogen-bond acceptors (Lipinski definition) is 5. The molecule has 2 aromatic heterocycles. The minimum absolute atomic E-state index is 0.499. The summed E-state index contributed by atoms with van der Waals surface area (Å²) in [5.41, 5.74) is 0.0509. The number of anilines is 2. The molecule has 0 atom stereocenters. The molecule has 0 saturated heterocycles. The second-order valence-corrected chi connectivity index (χ2v) is 5.49. The van der Waals surface area contributed by atoms with Crippen molar-refractivity contribution in [1.82, 2.24) is 4.98 Å². The number of rotatable bonds is 4. The molecule has 2 rings (SSSR count). The van der Waals surface area contributed by atoms with Gasteiger partial charge in [0.15, 0.2) is 0 Å². The van der Waals surface area contributed by atoms with E-state index in [1.807, 2.05) is 32.9 Å². The molecule has 0 aromatic carbocycles. The molecule has 0 saturated carbocycles. The van der Waals surface area contributed by atoms with Crippen LogP contribution in [0.1, 0.15) is 26.5 Å². The number of furan rings is 1.